The summed E-state index contributed by atoms with van der Waals surface area (Å²) in [6.07, 6.45) is 2.72. The Morgan fingerprint density at radius 1 is 0.821 bits per heavy atom. The Morgan fingerprint density at radius 2 is 1.50 bits per heavy atom. The molecule has 0 amide bonds. The van der Waals surface area contributed by atoms with Crippen LogP contribution in [0.2, 0.25) is 0 Å². The predicted octanol–water partition coefficient (Wildman–Crippen LogP) is 7.95. The molecule has 0 aliphatic heterocycles. The van der Waals surface area contributed by atoms with Crippen molar-refractivity contribution < 1.29 is 22.0 Å². The predicted molar refractivity (Wildman–Crippen MR) is 102 cm³/mol. The number of thiophene rings is 1. The van der Waals surface area contributed by atoms with Crippen molar-refractivity contribution in [3.05, 3.63) is 53.1 Å². The van der Waals surface area contributed by atoms with Crippen LogP contribution in [-0.2, 0) is 6.18 Å². The SMILES string of the molecule is Fc1c(C2=CCC(C3CC3)CC2)ccc2c1sc1c(F)c(C(F)(F)F)ccc12. The van der Waals surface area contributed by atoms with Gasteiger partial charge in [0.15, 0.2) is 5.82 Å². The zero-order valence-corrected chi connectivity index (χ0v) is 15.7. The summed E-state index contributed by atoms with van der Waals surface area (Å²) in [4.78, 5) is 0. The second-order valence-electron chi connectivity index (χ2n) is 7.81. The minimum atomic E-state index is -4.77. The molecule has 0 nitrogen and oxygen atoms in total. The summed E-state index contributed by atoms with van der Waals surface area (Å²) in [7, 11) is 0. The zero-order valence-electron chi connectivity index (χ0n) is 14.9. The zero-order chi connectivity index (χ0) is 19.6. The van der Waals surface area contributed by atoms with Crippen LogP contribution in [0.4, 0.5) is 22.0 Å². The molecule has 146 valence electrons. The third-order valence-electron chi connectivity index (χ3n) is 6.08. The first kappa shape index (κ1) is 18.1. The van der Waals surface area contributed by atoms with Gasteiger partial charge in [-0.2, -0.15) is 13.2 Å². The van der Waals surface area contributed by atoms with Crippen LogP contribution >= 0.6 is 11.3 Å². The number of hydrogen-bond donors (Lipinski definition) is 0. The van der Waals surface area contributed by atoms with Gasteiger partial charge in [-0.25, -0.2) is 8.78 Å². The third-order valence-corrected chi connectivity index (χ3v) is 7.29. The first-order valence-electron chi connectivity index (χ1n) is 9.44. The molecule has 1 fully saturated rings. The highest BCUT2D eigenvalue weighted by Gasteiger charge is 2.36. The lowest BCUT2D eigenvalue weighted by Crippen LogP contribution is -2.07. The third kappa shape index (κ3) is 2.84. The molecule has 3 aromatic rings. The Morgan fingerprint density at radius 3 is 2.11 bits per heavy atom. The fourth-order valence-electron chi connectivity index (χ4n) is 4.40. The summed E-state index contributed by atoms with van der Waals surface area (Å²) in [5.41, 5.74) is 0.128. The Labute approximate surface area is 162 Å². The molecule has 2 aliphatic carbocycles. The number of alkyl halides is 3. The molecule has 1 saturated carbocycles. The molecular formula is C22H17F5S. The average Bonchev–Trinajstić information content (AvgIpc) is 3.43. The van der Waals surface area contributed by atoms with E-state index < -0.39 is 23.4 Å². The van der Waals surface area contributed by atoms with Gasteiger partial charge in [-0.05, 0) is 55.6 Å². The van der Waals surface area contributed by atoms with Gasteiger partial charge in [0.05, 0.1) is 15.0 Å². The van der Waals surface area contributed by atoms with Gasteiger partial charge >= 0.3 is 6.18 Å². The van der Waals surface area contributed by atoms with Crippen LogP contribution in [0.3, 0.4) is 0 Å². The number of rotatable bonds is 2. The Kier molecular flexibility index (Phi) is 4.06. The molecule has 1 heterocycles. The molecule has 5 rings (SSSR count). The molecule has 0 spiro atoms. The van der Waals surface area contributed by atoms with Gasteiger partial charge < -0.3 is 0 Å². The molecule has 1 unspecified atom stereocenters. The summed E-state index contributed by atoms with van der Waals surface area (Å²) >= 11 is 0.762. The molecule has 6 heteroatoms. The van der Waals surface area contributed by atoms with Crippen molar-refractivity contribution >= 4 is 37.1 Å². The Hall–Kier alpha value is -1.95. The Bertz CT molecular complexity index is 1120. The lowest BCUT2D eigenvalue weighted by atomic mass is 9.84. The second-order valence-corrected chi connectivity index (χ2v) is 8.83. The fourth-order valence-corrected chi connectivity index (χ4v) is 5.58. The van der Waals surface area contributed by atoms with Crippen LogP contribution in [0, 0.1) is 23.5 Å². The van der Waals surface area contributed by atoms with Crippen LogP contribution in [0.15, 0.2) is 30.3 Å². The number of hydrogen-bond acceptors (Lipinski definition) is 1. The summed E-state index contributed by atoms with van der Waals surface area (Å²) in [5.74, 6) is -0.271. The Balaban J connectivity index is 1.61. The monoisotopic (exact) mass is 408 g/mol. The maximum Gasteiger partial charge on any atom is 0.419 e. The summed E-state index contributed by atoms with van der Waals surface area (Å²) in [6, 6.07) is 5.35. The van der Waals surface area contributed by atoms with Crippen LogP contribution < -0.4 is 0 Å². The molecule has 2 aromatic carbocycles. The van der Waals surface area contributed by atoms with Gasteiger partial charge in [0.1, 0.15) is 5.82 Å². The van der Waals surface area contributed by atoms with E-state index in [0.29, 0.717) is 22.3 Å². The van der Waals surface area contributed by atoms with Crippen molar-refractivity contribution in [2.24, 2.45) is 11.8 Å². The van der Waals surface area contributed by atoms with E-state index in [0.717, 1.165) is 48.2 Å². The van der Waals surface area contributed by atoms with Gasteiger partial charge in [0.25, 0.3) is 0 Å². The van der Waals surface area contributed by atoms with Crippen molar-refractivity contribution in [2.45, 2.75) is 38.3 Å². The summed E-state index contributed by atoms with van der Waals surface area (Å²) in [6.45, 7) is 0. The largest absolute Gasteiger partial charge is 0.419 e. The highest BCUT2D eigenvalue weighted by Crippen LogP contribution is 2.46. The van der Waals surface area contributed by atoms with Gasteiger partial charge in [-0.1, -0.05) is 24.3 Å². The van der Waals surface area contributed by atoms with Crippen molar-refractivity contribution in [1.82, 2.24) is 0 Å². The van der Waals surface area contributed by atoms with Gasteiger partial charge in [-0.15, -0.1) is 11.3 Å². The number of allylic oxidation sites excluding steroid dienone is 2. The first-order valence-corrected chi connectivity index (χ1v) is 10.3. The quantitative estimate of drug-likeness (QED) is 0.378. The van der Waals surface area contributed by atoms with E-state index in [1.54, 1.807) is 12.1 Å². The smallest absolute Gasteiger partial charge is 0.205 e. The molecule has 0 N–H and O–H groups in total. The topological polar surface area (TPSA) is 0 Å². The molecule has 0 saturated heterocycles. The highest BCUT2D eigenvalue weighted by molar-refractivity contribution is 7.25. The van der Waals surface area contributed by atoms with E-state index >= 15 is 4.39 Å². The highest BCUT2D eigenvalue weighted by atomic mass is 32.1. The van der Waals surface area contributed by atoms with Crippen LogP contribution in [0.5, 0.6) is 0 Å². The minimum absolute atomic E-state index is 0.146. The minimum Gasteiger partial charge on any atom is -0.205 e. The van der Waals surface area contributed by atoms with Crippen molar-refractivity contribution in [3.8, 4) is 0 Å². The molecule has 1 aromatic heterocycles. The fraction of sp³-hybridized carbons (Fsp3) is 0.364. The normalized spacial score (nSPS) is 20.8. The van der Waals surface area contributed by atoms with E-state index in [-0.39, 0.29) is 9.40 Å². The lowest BCUT2D eigenvalue weighted by molar-refractivity contribution is -0.139. The van der Waals surface area contributed by atoms with Crippen molar-refractivity contribution in [2.75, 3.05) is 0 Å². The van der Waals surface area contributed by atoms with Gasteiger partial charge in [0.2, 0.25) is 0 Å². The molecule has 0 bridgehead atoms. The van der Waals surface area contributed by atoms with Gasteiger partial charge in [0, 0.05) is 16.3 Å². The van der Waals surface area contributed by atoms with Crippen LogP contribution in [0.1, 0.15) is 43.2 Å². The van der Waals surface area contributed by atoms with Crippen molar-refractivity contribution in [1.29, 1.82) is 0 Å². The van der Waals surface area contributed by atoms with Crippen molar-refractivity contribution in [3.63, 3.8) is 0 Å². The van der Waals surface area contributed by atoms with E-state index in [2.05, 4.69) is 6.08 Å². The molecule has 1 atom stereocenters. The standard InChI is InChI=1S/C22H17F5S/c23-18-14(13-5-3-12(4-6-13)11-1-2-11)7-8-15-16-9-10-17(22(25,26)27)19(24)21(16)28-20(15)18/h5,7-12H,1-4,6H2. The second kappa shape index (κ2) is 6.28. The first-order chi connectivity index (χ1) is 13.3. The maximum atomic E-state index is 15.3. The van der Waals surface area contributed by atoms with E-state index in [1.165, 1.54) is 18.9 Å². The summed E-state index contributed by atoms with van der Waals surface area (Å²) < 4.78 is 68.8. The van der Waals surface area contributed by atoms with Crippen LogP contribution in [0.25, 0.3) is 25.7 Å². The molecule has 0 radical (unpaired) electrons. The van der Waals surface area contributed by atoms with Gasteiger partial charge in [-0.3, -0.25) is 0 Å². The average molecular weight is 408 g/mol. The number of benzene rings is 2. The van der Waals surface area contributed by atoms with E-state index in [9.17, 15) is 17.6 Å². The lowest BCUT2D eigenvalue weighted by Gasteiger charge is -2.22. The number of fused-ring (bicyclic) bond motifs is 3. The number of halogens is 5. The van der Waals surface area contributed by atoms with E-state index in [4.69, 9.17) is 0 Å². The summed E-state index contributed by atoms with van der Waals surface area (Å²) in [5, 5.41) is 0.781. The molecular weight excluding hydrogens is 391 g/mol. The van der Waals surface area contributed by atoms with E-state index in [1.807, 2.05) is 0 Å². The molecule has 2 aliphatic rings. The van der Waals surface area contributed by atoms with Crippen LogP contribution in [-0.4, -0.2) is 0 Å². The maximum absolute atomic E-state index is 15.3. The molecule has 28 heavy (non-hydrogen) atoms.